The number of carbonyl (C=O) groups excluding carboxylic acids is 1. The minimum Gasteiger partial charge on any atom is -0.364 e. The number of aliphatic imine (C=N–C) groups is 1. The normalized spacial score (nSPS) is 22.3. The molecule has 5 heteroatoms. The molecule has 0 spiro atoms. The van der Waals surface area contributed by atoms with Gasteiger partial charge < -0.3 is 10.2 Å². The standard InChI is InChI=1S/C28H35N3OS/c1-16(2)31-24-12-18(4)21(13-22(24)19(5)15-28(31,7)8)14-25-26(32)30-27(33-25)29-23-11-9-10-17(3)20(23)6/h9-14,16,19H,15H2,1-8H3,(H,29,30,32)/b25-14-/t19-/m1/s1. The maximum atomic E-state index is 12.7. The molecule has 1 fully saturated rings. The zero-order chi connectivity index (χ0) is 24.1. The molecule has 0 aromatic heterocycles. The third-order valence-electron chi connectivity index (χ3n) is 6.92. The Labute approximate surface area is 202 Å². The molecule has 4 nitrogen and oxygen atoms in total. The number of hydrogen-bond acceptors (Lipinski definition) is 4. The lowest BCUT2D eigenvalue weighted by atomic mass is 9.78. The number of thioether (sulfide) groups is 1. The SMILES string of the molecule is Cc1cc2c(cc1/C=C1\SC(=Nc3cccc(C)c3C)NC1=O)[C@H](C)CC(C)(C)N2C(C)C. The predicted molar refractivity (Wildman–Crippen MR) is 143 cm³/mol. The van der Waals surface area contributed by atoms with Gasteiger partial charge in [0.2, 0.25) is 0 Å². The number of nitrogens with one attached hydrogen (secondary N) is 1. The van der Waals surface area contributed by atoms with Crippen LogP contribution in [0.1, 0.15) is 74.8 Å². The minimum absolute atomic E-state index is 0.0841. The quantitative estimate of drug-likeness (QED) is 0.500. The summed E-state index contributed by atoms with van der Waals surface area (Å²) in [4.78, 5) is 20.7. The summed E-state index contributed by atoms with van der Waals surface area (Å²) in [7, 11) is 0. The number of amidine groups is 1. The molecular weight excluding hydrogens is 426 g/mol. The zero-order valence-electron chi connectivity index (χ0n) is 21.0. The summed E-state index contributed by atoms with van der Waals surface area (Å²) in [6.07, 6.45) is 3.13. The lowest BCUT2D eigenvalue weighted by Gasteiger charge is -2.50. The van der Waals surface area contributed by atoms with E-state index in [4.69, 9.17) is 4.99 Å². The molecule has 0 unspecified atom stereocenters. The summed E-state index contributed by atoms with van der Waals surface area (Å²) in [5.41, 5.74) is 8.33. The van der Waals surface area contributed by atoms with Crippen molar-refractivity contribution in [3.63, 3.8) is 0 Å². The lowest BCUT2D eigenvalue weighted by Crippen LogP contribution is -2.51. The van der Waals surface area contributed by atoms with Gasteiger partial charge in [-0.1, -0.05) is 19.1 Å². The first-order valence-corrected chi connectivity index (χ1v) is 12.6. The summed E-state index contributed by atoms with van der Waals surface area (Å²) in [5.74, 6) is 0.383. The van der Waals surface area contributed by atoms with Crippen LogP contribution in [0.3, 0.4) is 0 Å². The van der Waals surface area contributed by atoms with Gasteiger partial charge in [-0.05, 0) is 125 Å². The number of hydrogen-bond donors (Lipinski definition) is 1. The first kappa shape index (κ1) is 23.6. The lowest BCUT2D eigenvalue weighted by molar-refractivity contribution is -0.115. The van der Waals surface area contributed by atoms with Crippen molar-refractivity contribution in [3.05, 3.63) is 63.1 Å². The van der Waals surface area contributed by atoms with Gasteiger partial charge in [-0.2, -0.15) is 0 Å². The van der Waals surface area contributed by atoms with Gasteiger partial charge in [0, 0.05) is 17.3 Å². The average molecular weight is 462 g/mol. The van der Waals surface area contributed by atoms with Crippen LogP contribution >= 0.6 is 11.8 Å². The largest absolute Gasteiger partial charge is 0.364 e. The topological polar surface area (TPSA) is 44.7 Å². The number of aryl methyl sites for hydroxylation is 2. The Hall–Kier alpha value is -2.53. The van der Waals surface area contributed by atoms with Crippen LogP contribution in [0.2, 0.25) is 0 Å². The van der Waals surface area contributed by atoms with E-state index in [2.05, 4.69) is 83.8 Å². The van der Waals surface area contributed by atoms with Crippen molar-refractivity contribution >= 4 is 40.3 Å². The van der Waals surface area contributed by atoms with E-state index in [0.717, 1.165) is 23.2 Å². The van der Waals surface area contributed by atoms with Crippen molar-refractivity contribution in [2.45, 2.75) is 79.3 Å². The maximum Gasteiger partial charge on any atom is 0.264 e. The van der Waals surface area contributed by atoms with Gasteiger partial charge in [-0.15, -0.1) is 0 Å². The Balaban J connectivity index is 1.69. The monoisotopic (exact) mass is 461 g/mol. The van der Waals surface area contributed by atoms with Crippen molar-refractivity contribution in [2.24, 2.45) is 4.99 Å². The molecule has 1 atom stereocenters. The third-order valence-corrected chi connectivity index (χ3v) is 7.83. The molecule has 174 valence electrons. The van der Waals surface area contributed by atoms with Crippen molar-refractivity contribution in [2.75, 3.05) is 4.90 Å². The highest BCUT2D eigenvalue weighted by atomic mass is 32.2. The summed E-state index contributed by atoms with van der Waals surface area (Å²) < 4.78 is 0. The van der Waals surface area contributed by atoms with E-state index in [1.54, 1.807) is 0 Å². The van der Waals surface area contributed by atoms with E-state index < -0.39 is 0 Å². The second-order valence-electron chi connectivity index (χ2n) is 10.3. The number of fused-ring (bicyclic) bond motifs is 1. The van der Waals surface area contributed by atoms with Crippen molar-refractivity contribution in [3.8, 4) is 0 Å². The van der Waals surface area contributed by atoms with Gasteiger partial charge in [0.1, 0.15) is 0 Å². The average Bonchev–Trinajstić information content (AvgIpc) is 3.04. The Morgan fingerprint density at radius 2 is 1.91 bits per heavy atom. The van der Waals surface area contributed by atoms with Crippen LogP contribution in [0.5, 0.6) is 0 Å². The van der Waals surface area contributed by atoms with E-state index in [9.17, 15) is 4.79 Å². The third kappa shape index (κ3) is 4.48. The first-order valence-electron chi connectivity index (χ1n) is 11.8. The van der Waals surface area contributed by atoms with E-state index in [-0.39, 0.29) is 11.4 Å². The first-order chi connectivity index (χ1) is 15.5. The van der Waals surface area contributed by atoms with Crippen LogP contribution in [-0.2, 0) is 4.79 Å². The molecule has 1 amide bonds. The van der Waals surface area contributed by atoms with Crippen molar-refractivity contribution in [1.29, 1.82) is 0 Å². The van der Waals surface area contributed by atoms with Crippen LogP contribution in [0.4, 0.5) is 11.4 Å². The van der Waals surface area contributed by atoms with Crippen molar-refractivity contribution < 1.29 is 4.79 Å². The highest BCUT2D eigenvalue weighted by molar-refractivity contribution is 8.18. The highest BCUT2D eigenvalue weighted by Crippen LogP contribution is 2.45. The fraction of sp³-hybridized carbons (Fsp3) is 0.429. The van der Waals surface area contributed by atoms with Gasteiger partial charge in [0.05, 0.1) is 10.6 Å². The molecule has 0 saturated carbocycles. The molecule has 1 N–H and O–H groups in total. The van der Waals surface area contributed by atoms with Crippen LogP contribution in [0.25, 0.3) is 6.08 Å². The maximum absolute atomic E-state index is 12.7. The molecule has 2 aromatic carbocycles. The molecule has 0 bridgehead atoms. The number of carbonyl (C=O) groups is 1. The van der Waals surface area contributed by atoms with Crippen LogP contribution in [0, 0.1) is 20.8 Å². The van der Waals surface area contributed by atoms with Gasteiger partial charge in [-0.3, -0.25) is 4.79 Å². The molecule has 1 saturated heterocycles. The molecular formula is C28H35N3OS. The minimum atomic E-state index is -0.0841. The summed E-state index contributed by atoms with van der Waals surface area (Å²) in [5, 5.41) is 3.58. The van der Waals surface area contributed by atoms with Gasteiger partial charge in [0.25, 0.3) is 5.91 Å². The van der Waals surface area contributed by atoms with E-state index in [1.807, 2.05) is 18.2 Å². The van der Waals surface area contributed by atoms with E-state index >= 15 is 0 Å². The number of benzene rings is 2. The fourth-order valence-corrected chi connectivity index (χ4v) is 6.16. The van der Waals surface area contributed by atoms with Crippen LogP contribution in [-0.4, -0.2) is 22.7 Å². The smallest absolute Gasteiger partial charge is 0.264 e. The van der Waals surface area contributed by atoms with Crippen molar-refractivity contribution in [1.82, 2.24) is 5.32 Å². The molecule has 4 rings (SSSR count). The number of amides is 1. The van der Waals surface area contributed by atoms with Crippen LogP contribution < -0.4 is 10.2 Å². The Morgan fingerprint density at radius 1 is 1.18 bits per heavy atom. The Bertz CT molecular complexity index is 1180. The number of anilines is 1. The highest BCUT2D eigenvalue weighted by Gasteiger charge is 2.38. The van der Waals surface area contributed by atoms with Crippen LogP contribution in [0.15, 0.2) is 40.2 Å². The van der Waals surface area contributed by atoms with Gasteiger partial charge in [-0.25, -0.2) is 4.99 Å². The fourth-order valence-electron chi connectivity index (χ4n) is 5.33. The Morgan fingerprint density at radius 3 is 2.61 bits per heavy atom. The van der Waals surface area contributed by atoms with Gasteiger partial charge >= 0.3 is 0 Å². The predicted octanol–water partition coefficient (Wildman–Crippen LogP) is 7.00. The Kier molecular flexibility index (Phi) is 6.21. The second kappa shape index (κ2) is 8.68. The number of nitrogens with zero attached hydrogens (tertiary/aromatic N) is 2. The second-order valence-corrected chi connectivity index (χ2v) is 11.4. The summed E-state index contributed by atoms with van der Waals surface area (Å²) in [6.45, 7) is 17.8. The molecule has 2 heterocycles. The molecule has 0 radical (unpaired) electrons. The molecule has 2 aromatic rings. The summed E-state index contributed by atoms with van der Waals surface area (Å²) in [6, 6.07) is 11.1. The van der Waals surface area contributed by atoms with E-state index in [0.29, 0.717) is 22.0 Å². The molecule has 33 heavy (non-hydrogen) atoms. The van der Waals surface area contributed by atoms with E-state index in [1.165, 1.54) is 34.1 Å². The number of rotatable bonds is 3. The molecule has 0 aliphatic carbocycles. The zero-order valence-corrected chi connectivity index (χ0v) is 21.9. The molecule has 2 aliphatic heterocycles. The van der Waals surface area contributed by atoms with Gasteiger partial charge in [0.15, 0.2) is 5.17 Å². The molecule has 2 aliphatic rings. The summed E-state index contributed by atoms with van der Waals surface area (Å²) >= 11 is 1.42.